The van der Waals surface area contributed by atoms with Gasteiger partial charge in [-0.15, -0.1) is 5.39 Å². The summed E-state index contributed by atoms with van der Waals surface area (Å²) < 4.78 is 4.65. The first-order chi connectivity index (χ1) is 20.0. The van der Waals surface area contributed by atoms with Gasteiger partial charge in [-0.3, -0.25) is 4.79 Å². The van der Waals surface area contributed by atoms with E-state index in [9.17, 15) is 9.90 Å². The topological polar surface area (TPSA) is 59.0 Å². The van der Waals surface area contributed by atoms with Crippen LogP contribution in [0.3, 0.4) is 0 Å². The second kappa shape index (κ2) is 12.2. The number of aliphatic hydroxyl groups is 1. The number of carbonyl (C=O) groups excluding carboxylic acids is 1. The van der Waals surface area contributed by atoms with Gasteiger partial charge in [0.05, 0.1) is 27.8 Å². The molecular formula is C36H36IrN3O2-. The van der Waals surface area contributed by atoms with E-state index in [1.54, 1.807) is 0 Å². The maximum Gasteiger partial charge on any atom is 0.162 e. The fourth-order valence-corrected chi connectivity index (χ4v) is 6.41. The van der Waals surface area contributed by atoms with Crippen molar-refractivity contribution < 1.29 is 30.0 Å². The number of ketones is 1. The van der Waals surface area contributed by atoms with E-state index < -0.39 is 0 Å². The third-order valence-corrected chi connectivity index (χ3v) is 8.68. The van der Waals surface area contributed by atoms with Crippen molar-refractivity contribution in [1.82, 2.24) is 13.8 Å². The Kier molecular flexibility index (Phi) is 8.68. The molecule has 0 amide bonds. The van der Waals surface area contributed by atoms with E-state index in [1.807, 2.05) is 40.0 Å². The van der Waals surface area contributed by atoms with Crippen molar-refractivity contribution >= 4 is 60.6 Å². The van der Waals surface area contributed by atoms with E-state index in [4.69, 9.17) is 4.98 Å². The molecular weight excluding hydrogens is 699 g/mol. The van der Waals surface area contributed by atoms with Crippen LogP contribution in [0, 0.1) is 17.9 Å². The number of para-hydroxylation sites is 3. The van der Waals surface area contributed by atoms with Crippen molar-refractivity contribution in [2.75, 3.05) is 0 Å². The molecule has 0 aliphatic heterocycles. The molecule has 0 saturated heterocycles. The average molecular weight is 735 g/mol. The number of fused-ring (bicyclic) bond motifs is 8. The van der Waals surface area contributed by atoms with Gasteiger partial charge in [-0.05, 0) is 49.3 Å². The van der Waals surface area contributed by atoms with E-state index in [2.05, 4.69) is 75.5 Å². The van der Waals surface area contributed by atoms with Gasteiger partial charge in [-0.25, -0.2) is 4.98 Å². The molecule has 0 unspecified atom stereocenters. The summed E-state index contributed by atoms with van der Waals surface area (Å²) in [5.74, 6) is 0.547. The number of rotatable bonds is 7. The molecule has 0 saturated carbocycles. The van der Waals surface area contributed by atoms with Gasteiger partial charge in [-0.2, -0.15) is 24.3 Å². The van der Waals surface area contributed by atoms with Crippen LogP contribution in [0.5, 0.6) is 0 Å². The molecule has 0 fully saturated rings. The zero-order valence-corrected chi connectivity index (χ0v) is 26.9. The van der Waals surface area contributed by atoms with Crippen LogP contribution in [0.1, 0.15) is 53.4 Å². The van der Waals surface area contributed by atoms with Crippen molar-refractivity contribution in [1.29, 1.82) is 0 Å². The molecule has 4 aromatic heterocycles. The van der Waals surface area contributed by atoms with Gasteiger partial charge in [0, 0.05) is 55.0 Å². The minimum absolute atomic E-state index is 0. The van der Waals surface area contributed by atoms with E-state index in [0.717, 1.165) is 36.8 Å². The molecule has 0 aliphatic carbocycles. The Hall–Kier alpha value is -3.73. The molecule has 0 atom stereocenters. The summed E-state index contributed by atoms with van der Waals surface area (Å²) in [6, 6.07) is 26.9. The molecule has 6 heteroatoms. The van der Waals surface area contributed by atoms with Gasteiger partial charge in [-0.1, -0.05) is 63.5 Å². The number of hydrogen-bond donors (Lipinski definition) is 1. The number of carbonyl (C=O) groups is 1. The van der Waals surface area contributed by atoms with E-state index >= 15 is 0 Å². The Morgan fingerprint density at radius 3 is 2.17 bits per heavy atom. The monoisotopic (exact) mass is 735 g/mol. The number of aromatic nitrogens is 3. The first kappa shape index (κ1) is 29.8. The van der Waals surface area contributed by atoms with Crippen LogP contribution >= 0.6 is 0 Å². The Balaban J connectivity index is 0.000000193. The van der Waals surface area contributed by atoms with Crippen LogP contribution in [0.2, 0.25) is 0 Å². The Morgan fingerprint density at radius 1 is 0.786 bits per heavy atom. The summed E-state index contributed by atoms with van der Waals surface area (Å²) in [4.78, 5) is 16.5. The molecule has 1 N–H and O–H groups in total. The van der Waals surface area contributed by atoms with Gasteiger partial charge >= 0.3 is 0 Å². The van der Waals surface area contributed by atoms with Crippen LogP contribution in [0.25, 0.3) is 54.8 Å². The molecule has 42 heavy (non-hydrogen) atoms. The van der Waals surface area contributed by atoms with E-state index in [-0.39, 0.29) is 43.5 Å². The fraction of sp³-hybridized carbons (Fsp3) is 0.278. The predicted molar refractivity (Wildman–Crippen MR) is 170 cm³/mol. The zero-order chi connectivity index (χ0) is 28.7. The second-order valence-electron chi connectivity index (χ2n) is 10.8. The molecule has 0 spiro atoms. The Morgan fingerprint density at radius 2 is 1.43 bits per heavy atom. The summed E-state index contributed by atoms with van der Waals surface area (Å²) in [5.41, 5.74) is 6.89. The van der Waals surface area contributed by atoms with Crippen LogP contribution in [0.4, 0.5) is 0 Å². The standard InChI is InChI=1S/C23H12N3.C13H24O2.Ir/c1-3-9-18-15(7-1)17-12-13-24-23-22(17)25(18)20-11-5-8-16-14-6-2-4-10-19(14)26(23)21(16)20;1-5-10(6-2)12(14)9-13(15)11(7-3)8-4;/h1-9,11-13H;9-11,14H,5-8H2,1-4H3;/q-1;;/b;12-9-;. The number of allylic oxidation sites excluding steroid dienone is 2. The molecule has 3 aromatic carbocycles. The van der Waals surface area contributed by atoms with Crippen LogP contribution in [-0.4, -0.2) is 24.7 Å². The summed E-state index contributed by atoms with van der Waals surface area (Å²) in [6.45, 7) is 8.07. The molecule has 7 aromatic rings. The Labute approximate surface area is 259 Å². The minimum Gasteiger partial charge on any atom is -0.512 e. The Bertz CT molecular complexity index is 1920. The average Bonchev–Trinajstić information content (AvgIpc) is 3.52. The SMILES string of the molecule is CCC(CC)C(=O)/C=C(\O)C(CC)CC.[Ir].[c-]1cccc2c3cccc4c3n(c12)c1nccc2c3ccccc3n4c21. The van der Waals surface area contributed by atoms with Gasteiger partial charge in [0.25, 0.3) is 0 Å². The normalized spacial score (nSPS) is 12.3. The third-order valence-electron chi connectivity index (χ3n) is 8.68. The van der Waals surface area contributed by atoms with Gasteiger partial charge < -0.3 is 13.9 Å². The van der Waals surface area contributed by atoms with E-state index in [1.165, 1.54) is 49.7 Å². The molecule has 7 rings (SSSR count). The number of nitrogens with zero attached hydrogens (tertiary/aromatic N) is 3. The molecule has 4 heterocycles. The van der Waals surface area contributed by atoms with Crippen molar-refractivity contribution in [3.8, 4) is 0 Å². The van der Waals surface area contributed by atoms with Crippen molar-refractivity contribution in [3.05, 3.63) is 90.8 Å². The quantitative estimate of drug-likeness (QED) is 0.0769. The number of hydrogen-bond acceptors (Lipinski definition) is 3. The van der Waals surface area contributed by atoms with Crippen molar-refractivity contribution in [3.63, 3.8) is 0 Å². The number of pyridine rings is 1. The molecule has 0 bridgehead atoms. The summed E-state index contributed by atoms with van der Waals surface area (Å²) in [5, 5.41) is 14.7. The first-order valence-corrected chi connectivity index (χ1v) is 14.8. The second-order valence-corrected chi connectivity index (χ2v) is 10.8. The molecule has 5 nitrogen and oxygen atoms in total. The third kappa shape index (κ3) is 4.67. The smallest absolute Gasteiger partial charge is 0.162 e. The van der Waals surface area contributed by atoms with Crippen molar-refractivity contribution in [2.45, 2.75) is 53.4 Å². The molecule has 0 aliphatic rings. The van der Waals surface area contributed by atoms with Crippen LogP contribution in [-0.2, 0) is 24.9 Å². The first-order valence-electron chi connectivity index (χ1n) is 14.8. The minimum atomic E-state index is 0. The number of benzene rings is 3. The van der Waals surface area contributed by atoms with Crippen molar-refractivity contribution in [2.24, 2.45) is 11.8 Å². The van der Waals surface area contributed by atoms with Gasteiger partial charge in [0.1, 0.15) is 0 Å². The predicted octanol–water partition coefficient (Wildman–Crippen LogP) is 9.31. The van der Waals surface area contributed by atoms with Gasteiger partial charge in [0.2, 0.25) is 0 Å². The maximum atomic E-state index is 11.7. The molecule has 217 valence electrons. The fourth-order valence-electron chi connectivity index (χ4n) is 6.41. The van der Waals surface area contributed by atoms with Crippen LogP contribution in [0.15, 0.2) is 84.8 Å². The summed E-state index contributed by atoms with van der Waals surface area (Å²) in [6.07, 6.45) is 6.83. The van der Waals surface area contributed by atoms with Gasteiger partial charge in [0.15, 0.2) is 11.4 Å². The summed E-state index contributed by atoms with van der Waals surface area (Å²) in [7, 11) is 0. The van der Waals surface area contributed by atoms with Crippen LogP contribution < -0.4 is 0 Å². The molecule has 1 radical (unpaired) electrons. The zero-order valence-electron chi connectivity index (χ0n) is 24.5. The largest absolute Gasteiger partial charge is 0.512 e. The maximum absolute atomic E-state index is 11.7. The van der Waals surface area contributed by atoms with E-state index in [0.29, 0.717) is 0 Å². The number of aliphatic hydroxyl groups excluding tert-OH is 1. The summed E-state index contributed by atoms with van der Waals surface area (Å²) >= 11 is 0.